The van der Waals surface area contributed by atoms with E-state index in [1.807, 2.05) is 21.7 Å². The molecule has 0 fully saturated rings. The highest BCUT2D eigenvalue weighted by Crippen LogP contribution is 2.26. The molecular formula is C19H37BO4. The smallest absolute Gasteiger partial charge is 0.309 e. The predicted molar refractivity (Wildman–Crippen MR) is 101 cm³/mol. The van der Waals surface area contributed by atoms with Gasteiger partial charge in [0.2, 0.25) is 0 Å². The van der Waals surface area contributed by atoms with E-state index in [0.717, 1.165) is 64.1 Å². The fourth-order valence-electron chi connectivity index (χ4n) is 2.80. The van der Waals surface area contributed by atoms with Crippen molar-refractivity contribution in [3.05, 3.63) is 0 Å². The van der Waals surface area contributed by atoms with E-state index in [-0.39, 0.29) is 5.41 Å². The average Bonchev–Trinajstić information content (AvgIpc) is 2.46. The molecule has 0 aromatic heterocycles. The normalized spacial score (nSPS) is 15.0. The van der Waals surface area contributed by atoms with Crippen molar-refractivity contribution in [2.75, 3.05) is 0 Å². The van der Waals surface area contributed by atoms with Crippen molar-refractivity contribution in [1.29, 1.82) is 0 Å². The van der Waals surface area contributed by atoms with Crippen LogP contribution in [0.1, 0.15) is 91.9 Å². The molecule has 0 saturated carbocycles. The van der Waals surface area contributed by atoms with Gasteiger partial charge in [-0.1, -0.05) is 52.4 Å². The predicted octanol–water partition coefficient (Wildman–Crippen LogP) is 3.55. The van der Waals surface area contributed by atoms with E-state index in [4.69, 9.17) is 5.11 Å². The number of carbonyl (C=O) groups excluding carboxylic acids is 1. The van der Waals surface area contributed by atoms with Crippen molar-refractivity contribution in [3.8, 4) is 0 Å². The van der Waals surface area contributed by atoms with Gasteiger partial charge < -0.3 is 15.0 Å². The highest BCUT2D eigenvalue weighted by atomic mass is 16.4. The molecule has 140 valence electrons. The van der Waals surface area contributed by atoms with Crippen molar-refractivity contribution in [2.24, 2.45) is 10.8 Å². The van der Waals surface area contributed by atoms with Crippen LogP contribution in [0, 0.1) is 10.8 Å². The number of hydrogen-bond donors (Lipinski definition) is 2. The molecule has 0 aliphatic heterocycles. The van der Waals surface area contributed by atoms with E-state index in [1.165, 1.54) is 0 Å². The van der Waals surface area contributed by atoms with Gasteiger partial charge in [0.25, 0.3) is 0 Å². The molecule has 0 saturated heterocycles. The molecule has 1 unspecified atom stereocenters. The molecule has 0 aliphatic carbocycles. The fraction of sp³-hybridized carbons (Fsp3) is 0.895. The standard InChI is InChI=1S/C19H37BO4/c1-17(2,15-21)11-7-5-9-13-19(20,24)14-10-6-8-12-18(3,4)16(22)23/h15,24H,5-14,20H2,1-4H3,(H,22,23). The van der Waals surface area contributed by atoms with Gasteiger partial charge in [0.15, 0.2) is 0 Å². The van der Waals surface area contributed by atoms with Crippen LogP contribution in [-0.4, -0.2) is 35.8 Å². The summed E-state index contributed by atoms with van der Waals surface area (Å²) in [5.41, 5.74) is -1.52. The van der Waals surface area contributed by atoms with E-state index in [1.54, 1.807) is 13.8 Å². The summed E-state index contributed by atoms with van der Waals surface area (Å²) in [6, 6.07) is 0. The third-order valence-corrected chi connectivity index (χ3v) is 4.95. The first-order valence-corrected chi connectivity index (χ1v) is 9.34. The van der Waals surface area contributed by atoms with E-state index >= 15 is 0 Å². The second-order valence-corrected chi connectivity index (χ2v) is 8.91. The summed E-state index contributed by atoms with van der Waals surface area (Å²) in [7, 11) is 1.89. The largest absolute Gasteiger partial charge is 0.481 e. The minimum atomic E-state index is -0.743. The second-order valence-electron chi connectivity index (χ2n) is 8.91. The lowest BCUT2D eigenvalue weighted by atomic mass is 9.73. The topological polar surface area (TPSA) is 74.6 Å². The van der Waals surface area contributed by atoms with Crippen LogP contribution in [0.2, 0.25) is 0 Å². The molecular weight excluding hydrogens is 303 g/mol. The third-order valence-electron chi connectivity index (χ3n) is 4.95. The van der Waals surface area contributed by atoms with Crippen LogP contribution in [0.3, 0.4) is 0 Å². The third kappa shape index (κ3) is 10.8. The molecule has 0 heterocycles. The molecule has 4 nitrogen and oxygen atoms in total. The molecule has 0 amide bonds. The molecule has 0 aliphatic rings. The van der Waals surface area contributed by atoms with Gasteiger partial charge >= 0.3 is 5.97 Å². The van der Waals surface area contributed by atoms with Crippen LogP contribution >= 0.6 is 0 Å². The number of aliphatic hydroxyl groups is 1. The number of carbonyl (C=O) groups is 2. The molecule has 0 bridgehead atoms. The molecule has 0 radical (unpaired) electrons. The van der Waals surface area contributed by atoms with Crippen LogP contribution in [0.15, 0.2) is 0 Å². The zero-order valence-corrected chi connectivity index (χ0v) is 16.4. The van der Waals surface area contributed by atoms with Crippen LogP contribution < -0.4 is 0 Å². The van der Waals surface area contributed by atoms with Gasteiger partial charge in [-0.2, -0.15) is 0 Å². The van der Waals surface area contributed by atoms with Gasteiger partial charge in [0, 0.05) is 10.9 Å². The van der Waals surface area contributed by atoms with Crippen molar-refractivity contribution in [3.63, 3.8) is 0 Å². The maximum absolute atomic E-state index is 11.0. The summed E-state index contributed by atoms with van der Waals surface area (Å²) in [6.45, 7) is 7.44. The lowest BCUT2D eigenvalue weighted by molar-refractivity contribution is -0.147. The first-order valence-electron chi connectivity index (χ1n) is 9.34. The van der Waals surface area contributed by atoms with E-state index in [9.17, 15) is 14.7 Å². The Morgan fingerprint density at radius 3 is 1.71 bits per heavy atom. The molecule has 1 atom stereocenters. The average molecular weight is 340 g/mol. The molecule has 0 aromatic rings. The van der Waals surface area contributed by atoms with Gasteiger partial charge in [0.05, 0.1) is 5.41 Å². The molecule has 0 spiro atoms. The summed E-state index contributed by atoms with van der Waals surface area (Å²) in [4.78, 5) is 21.9. The molecule has 2 N–H and O–H groups in total. The maximum Gasteiger partial charge on any atom is 0.309 e. The monoisotopic (exact) mass is 340 g/mol. The number of aldehydes is 1. The zero-order valence-electron chi connectivity index (χ0n) is 16.4. The summed E-state index contributed by atoms with van der Waals surface area (Å²) in [5, 5.41) is 19.5. The van der Waals surface area contributed by atoms with Gasteiger partial charge in [-0.25, -0.2) is 0 Å². The Morgan fingerprint density at radius 1 is 0.875 bits per heavy atom. The Labute approximate surface area is 148 Å². The van der Waals surface area contributed by atoms with Crippen LogP contribution in [0.25, 0.3) is 0 Å². The summed E-state index contributed by atoms with van der Waals surface area (Å²) < 4.78 is 0. The minimum absolute atomic E-state index is 0.230. The van der Waals surface area contributed by atoms with Gasteiger partial charge in [-0.3, -0.25) is 4.79 Å². The van der Waals surface area contributed by atoms with E-state index in [2.05, 4.69) is 0 Å². The Kier molecular flexibility index (Phi) is 9.87. The quantitative estimate of drug-likeness (QED) is 0.288. The van der Waals surface area contributed by atoms with E-state index in [0.29, 0.717) is 6.42 Å². The fourth-order valence-corrected chi connectivity index (χ4v) is 2.80. The number of rotatable bonds is 14. The lowest BCUT2D eigenvalue weighted by Crippen LogP contribution is -2.28. The van der Waals surface area contributed by atoms with Crippen molar-refractivity contribution in [2.45, 2.75) is 97.4 Å². The summed E-state index contributed by atoms with van der Waals surface area (Å²) >= 11 is 0. The van der Waals surface area contributed by atoms with Crippen molar-refractivity contribution in [1.82, 2.24) is 0 Å². The van der Waals surface area contributed by atoms with Crippen LogP contribution in [-0.2, 0) is 9.59 Å². The second kappa shape index (κ2) is 10.2. The first kappa shape index (κ1) is 23.2. The highest BCUT2D eigenvalue weighted by Gasteiger charge is 2.26. The maximum atomic E-state index is 11.0. The molecule has 5 heteroatoms. The Morgan fingerprint density at radius 2 is 1.29 bits per heavy atom. The number of aliphatic carboxylic acids is 1. The highest BCUT2D eigenvalue weighted by molar-refractivity contribution is 6.14. The molecule has 24 heavy (non-hydrogen) atoms. The first-order chi connectivity index (χ1) is 10.9. The minimum Gasteiger partial charge on any atom is -0.481 e. The van der Waals surface area contributed by atoms with Gasteiger partial charge in [-0.15, -0.1) is 0 Å². The van der Waals surface area contributed by atoms with Crippen LogP contribution in [0.5, 0.6) is 0 Å². The van der Waals surface area contributed by atoms with E-state index < -0.39 is 16.9 Å². The Balaban J connectivity index is 3.79. The summed E-state index contributed by atoms with van der Waals surface area (Å²) in [5.74, 6) is -0.743. The van der Waals surface area contributed by atoms with Gasteiger partial charge in [0.1, 0.15) is 14.1 Å². The SMILES string of the molecule is BC(O)(CCCCCC(C)(C)C=O)CCCCCC(C)(C)C(=O)O. The molecule has 0 rings (SSSR count). The number of unbranched alkanes of at least 4 members (excludes halogenated alkanes) is 4. The lowest BCUT2D eigenvalue weighted by Gasteiger charge is -2.24. The van der Waals surface area contributed by atoms with Crippen LogP contribution in [0.4, 0.5) is 0 Å². The van der Waals surface area contributed by atoms with Crippen molar-refractivity contribution < 1.29 is 19.8 Å². The van der Waals surface area contributed by atoms with Crippen molar-refractivity contribution >= 4 is 20.1 Å². The number of hydrogen-bond acceptors (Lipinski definition) is 3. The van der Waals surface area contributed by atoms with Gasteiger partial charge in [-0.05, 0) is 39.5 Å². The Hall–Kier alpha value is -0.835. The Bertz CT molecular complexity index is 389. The number of carboxylic acids is 1. The molecule has 0 aromatic carbocycles. The number of carboxylic acid groups (broad SMARTS) is 1. The summed E-state index contributed by atoms with van der Waals surface area (Å²) in [6.07, 6.45) is 9.97. The zero-order chi connectivity index (χ0) is 18.9.